The first-order valence-electron chi connectivity index (χ1n) is 15.8. The number of benzene rings is 2. The van der Waals surface area contributed by atoms with Gasteiger partial charge in [-0.2, -0.15) is 0 Å². The summed E-state index contributed by atoms with van der Waals surface area (Å²) in [6.45, 7) is 10.5. The molecule has 0 bridgehead atoms. The van der Waals surface area contributed by atoms with Gasteiger partial charge in [-0.25, -0.2) is 8.42 Å². The number of hydrogen-bond donors (Lipinski definition) is 0. The van der Waals surface area contributed by atoms with Gasteiger partial charge in [0.25, 0.3) is 0 Å². The summed E-state index contributed by atoms with van der Waals surface area (Å²) in [6, 6.07) is 12.2. The minimum atomic E-state index is -3.89. The van der Waals surface area contributed by atoms with Crippen molar-refractivity contribution in [3.8, 4) is 5.75 Å². The molecule has 0 amide bonds. The Hall–Kier alpha value is -2.53. The van der Waals surface area contributed by atoms with Crippen molar-refractivity contribution in [3.63, 3.8) is 0 Å². The van der Waals surface area contributed by atoms with Crippen LogP contribution in [0.3, 0.4) is 0 Å². The SMILES string of the molecule is CCCCCCCOc1ccc(S(=O)(=O)c2cnc3ccc(S(C)=O)cc3c2N2CCN(CCN3CCCC3)CC2)cc1. The van der Waals surface area contributed by atoms with E-state index in [4.69, 9.17) is 4.74 Å². The largest absolute Gasteiger partial charge is 0.494 e. The first-order chi connectivity index (χ1) is 20.9. The van der Waals surface area contributed by atoms with Crippen LogP contribution in [0.1, 0.15) is 51.9 Å². The Morgan fingerprint density at radius 1 is 0.860 bits per heavy atom. The number of rotatable bonds is 14. The molecule has 0 saturated carbocycles. The summed E-state index contributed by atoms with van der Waals surface area (Å²) in [7, 11) is -5.09. The van der Waals surface area contributed by atoms with Gasteiger partial charge >= 0.3 is 0 Å². The van der Waals surface area contributed by atoms with Crippen molar-refractivity contribution in [3.05, 3.63) is 48.7 Å². The highest BCUT2D eigenvalue weighted by Gasteiger charge is 2.29. The number of nitrogens with zero attached hydrogens (tertiary/aromatic N) is 4. The lowest BCUT2D eigenvalue weighted by molar-refractivity contribution is 0.215. The van der Waals surface area contributed by atoms with Gasteiger partial charge in [0.1, 0.15) is 10.6 Å². The number of piperazine rings is 1. The molecule has 5 rings (SSSR count). The monoisotopic (exact) mass is 626 g/mol. The first-order valence-corrected chi connectivity index (χ1v) is 18.8. The molecule has 43 heavy (non-hydrogen) atoms. The molecule has 0 spiro atoms. The van der Waals surface area contributed by atoms with Crippen molar-refractivity contribution in [1.29, 1.82) is 0 Å². The van der Waals surface area contributed by atoms with E-state index in [0.29, 0.717) is 41.5 Å². The van der Waals surface area contributed by atoms with Crippen LogP contribution in [0.5, 0.6) is 5.75 Å². The summed E-state index contributed by atoms with van der Waals surface area (Å²) in [6.07, 6.45) is 11.5. The lowest BCUT2D eigenvalue weighted by Gasteiger charge is -2.37. The van der Waals surface area contributed by atoms with Crippen LogP contribution in [0.2, 0.25) is 0 Å². The van der Waals surface area contributed by atoms with E-state index in [2.05, 4.69) is 26.6 Å². The second kappa shape index (κ2) is 15.0. The van der Waals surface area contributed by atoms with Crippen LogP contribution in [0, 0.1) is 0 Å². The zero-order valence-electron chi connectivity index (χ0n) is 25.7. The number of ether oxygens (including phenoxy) is 1. The molecule has 2 aliphatic rings. The highest BCUT2D eigenvalue weighted by atomic mass is 32.2. The van der Waals surface area contributed by atoms with E-state index in [1.165, 1.54) is 51.4 Å². The maximum absolute atomic E-state index is 14.2. The molecule has 0 aliphatic carbocycles. The van der Waals surface area contributed by atoms with Crippen LogP contribution < -0.4 is 9.64 Å². The van der Waals surface area contributed by atoms with E-state index in [0.717, 1.165) is 44.4 Å². The number of fused-ring (bicyclic) bond motifs is 1. The summed E-state index contributed by atoms with van der Waals surface area (Å²) >= 11 is 0. The third-order valence-electron chi connectivity index (χ3n) is 8.67. The highest BCUT2D eigenvalue weighted by molar-refractivity contribution is 7.91. The predicted molar refractivity (Wildman–Crippen MR) is 175 cm³/mol. The van der Waals surface area contributed by atoms with Crippen molar-refractivity contribution in [2.45, 2.75) is 66.6 Å². The van der Waals surface area contributed by atoms with E-state index in [-0.39, 0.29) is 9.79 Å². The molecular weight excluding hydrogens is 581 g/mol. The van der Waals surface area contributed by atoms with Crippen LogP contribution in [0.25, 0.3) is 10.9 Å². The summed E-state index contributed by atoms with van der Waals surface area (Å²) < 4.78 is 46.6. The van der Waals surface area contributed by atoms with E-state index < -0.39 is 20.6 Å². The Labute approximate surface area is 259 Å². The number of aromatic nitrogens is 1. The number of hydrogen-bond acceptors (Lipinski definition) is 8. The third-order valence-corrected chi connectivity index (χ3v) is 11.4. The molecule has 2 saturated heterocycles. The third kappa shape index (κ3) is 7.95. The van der Waals surface area contributed by atoms with Crippen LogP contribution in [0.4, 0.5) is 5.69 Å². The van der Waals surface area contributed by atoms with Gasteiger partial charge in [-0.05, 0) is 74.8 Å². The zero-order valence-corrected chi connectivity index (χ0v) is 27.3. The van der Waals surface area contributed by atoms with Gasteiger partial charge in [-0.3, -0.25) is 14.1 Å². The standard InChI is InChI=1S/C33H46N4O4S2/c1-3-4-5-6-9-24-41-27-10-13-29(14-11-27)43(39,40)32-26-34-31-15-12-28(42(2)38)25-30(31)33(32)37-22-20-36(21-23-37)19-18-35-16-7-8-17-35/h10-15,25-26H,3-9,16-24H2,1-2H3. The van der Waals surface area contributed by atoms with Crippen LogP contribution in [-0.2, 0) is 20.6 Å². The number of pyridine rings is 1. The molecule has 234 valence electrons. The Kier molecular flexibility index (Phi) is 11.1. The Balaban J connectivity index is 1.38. The molecule has 2 aromatic carbocycles. The van der Waals surface area contributed by atoms with Crippen molar-refractivity contribution in [2.75, 3.05) is 70.1 Å². The van der Waals surface area contributed by atoms with Crippen molar-refractivity contribution in [2.24, 2.45) is 0 Å². The molecule has 1 aromatic heterocycles. The number of sulfone groups is 1. The quantitative estimate of drug-likeness (QED) is 0.221. The highest BCUT2D eigenvalue weighted by Crippen LogP contribution is 2.37. The summed E-state index contributed by atoms with van der Waals surface area (Å²) in [5, 5.41) is 0.724. The van der Waals surface area contributed by atoms with E-state index in [9.17, 15) is 12.6 Å². The van der Waals surface area contributed by atoms with Gasteiger partial charge in [-0.1, -0.05) is 32.6 Å². The fraction of sp³-hybridized carbons (Fsp3) is 0.545. The molecule has 10 heteroatoms. The van der Waals surface area contributed by atoms with Crippen molar-refractivity contribution in [1.82, 2.24) is 14.8 Å². The van der Waals surface area contributed by atoms with Gasteiger partial charge in [0.2, 0.25) is 9.84 Å². The molecule has 2 fully saturated rings. The summed E-state index contributed by atoms with van der Waals surface area (Å²) in [5.41, 5.74) is 1.35. The van der Waals surface area contributed by atoms with Gasteiger partial charge < -0.3 is 14.5 Å². The fourth-order valence-corrected chi connectivity index (χ4v) is 8.04. The average molecular weight is 627 g/mol. The Bertz CT molecular complexity index is 1480. The Morgan fingerprint density at radius 3 is 2.21 bits per heavy atom. The molecule has 3 aromatic rings. The Morgan fingerprint density at radius 2 is 1.53 bits per heavy atom. The van der Waals surface area contributed by atoms with Gasteiger partial charge in [0, 0.05) is 72.8 Å². The van der Waals surface area contributed by atoms with E-state index >= 15 is 0 Å². The lowest BCUT2D eigenvalue weighted by atomic mass is 10.1. The summed E-state index contributed by atoms with van der Waals surface area (Å²) in [5.74, 6) is 0.673. The fourth-order valence-electron chi connectivity index (χ4n) is 6.06. The second-order valence-electron chi connectivity index (χ2n) is 11.7. The number of unbranched alkanes of at least 4 members (excludes halogenated alkanes) is 4. The molecule has 1 atom stereocenters. The average Bonchev–Trinajstić information content (AvgIpc) is 3.55. The molecule has 1 unspecified atom stereocenters. The smallest absolute Gasteiger partial charge is 0.210 e. The normalized spacial score (nSPS) is 17.5. The molecule has 2 aliphatic heterocycles. The van der Waals surface area contributed by atoms with Gasteiger partial charge in [-0.15, -0.1) is 0 Å². The van der Waals surface area contributed by atoms with Crippen molar-refractivity contribution >= 4 is 37.2 Å². The maximum atomic E-state index is 14.2. The zero-order chi connectivity index (χ0) is 30.2. The van der Waals surface area contributed by atoms with Crippen LogP contribution in [-0.4, -0.2) is 92.6 Å². The van der Waals surface area contributed by atoms with Crippen molar-refractivity contribution < 1.29 is 17.4 Å². The minimum absolute atomic E-state index is 0.189. The molecular formula is C33H46N4O4S2. The number of anilines is 1. The maximum Gasteiger partial charge on any atom is 0.210 e. The molecule has 0 radical (unpaired) electrons. The predicted octanol–water partition coefficient (Wildman–Crippen LogP) is 5.37. The summed E-state index contributed by atoms with van der Waals surface area (Å²) in [4.78, 5) is 12.8. The molecule has 8 nitrogen and oxygen atoms in total. The van der Waals surface area contributed by atoms with Crippen LogP contribution in [0.15, 0.2) is 63.3 Å². The lowest BCUT2D eigenvalue weighted by Crippen LogP contribution is -2.48. The van der Waals surface area contributed by atoms with Gasteiger partial charge in [0.05, 0.1) is 22.7 Å². The molecule has 3 heterocycles. The van der Waals surface area contributed by atoms with E-state index in [1.807, 2.05) is 18.2 Å². The second-order valence-corrected chi connectivity index (χ2v) is 15.0. The first kappa shape index (κ1) is 31.9. The molecule has 0 N–H and O–H groups in total. The minimum Gasteiger partial charge on any atom is -0.494 e. The van der Waals surface area contributed by atoms with Crippen LogP contribution >= 0.6 is 0 Å². The van der Waals surface area contributed by atoms with Gasteiger partial charge in [0.15, 0.2) is 0 Å². The van der Waals surface area contributed by atoms with E-state index in [1.54, 1.807) is 30.5 Å². The topological polar surface area (TPSA) is 83.0 Å². The number of likely N-dealkylation sites (tertiary alicyclic amines) is 1.